The molecule has 5 nitrogen and oxygen atoms in total. The molecule has 2 atom stereocenters. The molecule has 0 fully saturated rings. The van der Waals surface area contributed by atoms with E-state index in [0.717, 1.165) is 45.3 Å². The van der Waals surface area contributed by atoms with Gasteiger partial charge >= 0.3 is 0 Å². The van der Waals surface area contributed by atoms with E-state index in [1.165, 1.54) is 38.5 Å². The summed E-state index contributed by atoms with van der Waals surface area (Å²) in [5, 5.41) is 6.25. The third-order valence-corrected chi connectivity index (χ3v) is 5.34. The number of rotatable bonds is 19. The van der Waals surface area contributed by atoms with E-state index in [2.05, 4.69) is 50.2 Å². The van der Waals surface area contributed by atoms with Crippen LogP contribution in [0, 0.1) is 0 Å². The molecule has 0 spiro atoms. The first-order chi connectivity index (χ1) is 13.9. The topological polar surface area (TPSA) is 61.4 Å². The SMILES string of the molecule is CCCCCCCC(=O)NC(C)CN(CC)CC(C)NC(=O)CCCCCCC. The predicted molar refractivity (Wildman–Crippen MR) is 124 cm³/mol. The number of nitrogens with zero attached hydrogens (tertiary/aromatic N) is 1. The van der Waals surface area contributed by atoms with Gasteiger partial charge in [0.1, 0.15) is 0 Å². The quantitative estimate of drug-likeness (QED) is 0.293. The fraction of sp³-hybridized carbons (Fsp3) is 0.917. The highest BCUT2D eigenvalue weighted by atomic mass is 16.2. The molecule has 0 rings (SSSR count). The molecule has 0 saturated carbocycles. The minimum atomic E-state index is 0.125. The van der Waals surface area contributed by atoms with E-state index < -0.39 is 0 Å². The van der Waals surface area contributed by atoms with Gasteiger partial charge in [0.2, 0.25) is 11.8 Å². The molecule has 0 aromatic heterocycles. The Balaban J connectivity index is 4.01. The summed E-state index contributed by atoms with van der Waals surface area (Å²) in [5.41, 5.74) is 0. The van der Waals surface area contributed by atoms with Crippen molar-refractivity contribution in [3.8, 4) is 0 Å². The molecule has 2 N–H and O–H groups in total. The smallest absolute Gasteiger partial charge is 0.220 e. The minimum Gasteiger partial charge on any atom is -0.352 e. The third-order valence-electron chi connectivity index (χ3n) is 5.34. The van der Waals surface area contributed by atoms with Crippen molar-refractivity contribution >= 4 is 11.8 Å². The molecule has 0 aromatic carbocycles. The van der Waals surface area contributed by atoms with Crippen molar-refractivity contribution < 1.29 is 9.59 Å². The van der Waals surface area contributed by atoms with Gasteiger partial charge < -0.3 is 10.6 Å². The summed E-state index contributed by atoms with van der Waals surface area (Å²) in [6.07, 6.45) is 13.0. The van der Waals surface area contributed by atoms with E-state index in [9.17, 15) is 9.59 Å². The van der Waals surface area contributed by atoms with Gasteiger partial charge in [0.05, 0.1) is 0 Å². The van der Waals surface area contributed by atoms with Gasteiger partial charge in [-0.3, -0.25) is 14.5 Å². The van der Waals surface area contributed by atoms with Crippen LogP contribution in [0.5, 0.6) is 0 Å². The number of hydrogen-bond acceptors (Lipinski definition) is 3. The molecular formula is C24H49N3O2. The fourth-order valence-corrected chi connectivity index (χ4v) is 3.67. The first-order valence-corrected chi connectivity index (χ1v) is 12.2. The number of hydrogen-bond donors (Lipinski definition) is 2. The van der Waals surface area contributed by atoms with Crippen molar-refractivity contribution in [2.75, 3.05) is 19.6 Å². The Morgan fingerprint density at radius 1 is 0.655 bits per heavy atom. The van der Waals surface area contributed by atoms with E-state index >= 15 is 0 Å². The Bertz CT molecular complexity index is 379. The zero-order valence-electron chi connectivity index (χ0n) is 20.0. The maximum atomic E-state index is 12.1. The molecular weight excluding hydrogens is 362 g/mol. The largest absolute Gasteiger partial charge is 0.352 e. The second-order valence-corrected chi connectivity index (χ2v) is 8.62. The highest BCUT2D eigenvalue weighted by Crippen LogP contribution is 2.06. The van der Waals surface area contributed by atoms with Gasteiger partial charge in [-0.2, -0.15) is 0 Å². The van der Waals surface area contributed by atoms with Crippen LogP contribution in [0.25, 0.3) is 0 Å². The van der Waals surface area contributed by atoms with E-state index in [0.29, 0.717) is 12.8 Å². The number of likely N-dealkylation sites (N-methyl/N-ethyl adjacent to an activating group) is 1. The molecule has 0 radical (unpaired) electrons. The number of carbonyl (C=O) groups excluding carboxylic acids is 2. The van der Waals surface area contributed by atoms with Gasteiger partial charge in [-0.1, -0.05) is 72.1 Å². The standard InChI is InChI=1S/C24H49N3O2/c1-6-9-11-13-15-17-23(28)25-21(4)19-27(8-3)20-22(5)26-24(29)18-16-14-12-10-7-2/h21-22H,6-20H2,1-5H3,(H,25,28)(H,26,29). The molecule has 29 heavy (non-hydrogen) atoms. The molecule has 0 saturated heterocycles. The lowest BCUT2D eigenvalue weighted by molar-refractivity contribution is -0.122. The summed E-state index contributed by atoms with van der Waals surface area (Å²) >= 11 is 0. The van der Waals surface area contributed by atoms with Gasteiger partial charge in [0.25, 0.3) is 0 Å². The van der Waals surface area contributed by atoms with Crippen molar-refractivity contribution in [3.05, 3.63) is 0 Å². The summed E-state index contributed by atoms with van der Waals surface area (Å²) in [4.78, 5) is 26.5. The molecule has 0 aromatic rings. The Morgan fingerprint density at radius 3 is 1.38 bits per heavy atom. The van der Waals surface area contributed by atoms with E-state index in [1.54, 1.807) is 0 Å². The second kappa shape index (κ2) is 18.9. The Kier molecular flexibility index (Phi) is 18.2. The zero-order valence-corrected chi connectivity index (χ0v) is 20.0. The van der Waals surface area contributed by atoms with Crippen LogP contribution >= 0.6 is 0 Å². The van der Waals surface area contributed by atoms with Gasteiger partial charge in [0.15, 0.2) is 0 Å². The lowest BCUT2D eigenvalue weighted by atomic mass is 10.1. The van der Waals surface area contributed by atoms with Crippen LogP contribution in [0.3, 0.4) is 0 Å². The first kappa shape index (κ1) is 27.9. The molecule has 0 aliphatic carbocycles. The van der Waals surface area contributed by atoms with E-state index in [4.69, 9.17) is 0 Å². The average molecular weight is 412 g/mol. The van der Waals surface area contributed by atoms with Crippen LogP contribution in [-0.2, 0) is 9.59 Å². The van der Waals surface area contributed by atoms with Crippen molar-refractivity contribution in [1.29, 1.82) is 0 Å². The molecule has 2 unspecified atom stereocenters. The van der Waals surface area contributed by atoms with Gasteiger partial charge in [-0.25, -0.2) is 0 Å². The van der Waals surface area contributed by atoms with Crippen LogP contribution < -0.4 is 10.6 Å². The Morgan fingerprint density at radius 2 is 1.03 bits per heavy atom. The van der Waals surface area contributed by atoms with Crippen molar-refractivity contribution in [1.82, 2.24) is 15.5 Å². The van der Waals surface area contributed by atoms with Crippen molar-refractivity contribution in [2.24, 2.45) is 0 Å². The normalized spacial score (nSPS) is 13.3. The second-order valence-electron chi connectivity index (χ2n) is 8.62. The minimum absolute atomic E-state index is 0.125. The molecule has 2 amide bonds. The lowest BCUT2D eigenvalue weighted by Crippen LogP contribution is -2.47. The monoisotopic (exact) mass is 411 g/mol. The summed E-state index contributed by atoms with van der Waals surface area (Å²) in [6, 6.07) is 0.249. The van der Waals surface area contributed by atoms with Crippen LogP contribution in [0.2, 0.25) is 0 Å². The summed E-state index contributed by atoms with van der Waals surface area (Å²) in [7, 11) is 0. The van der Waals surface area contributed by atoms with Crippen LogP contribution in [-0.4, -0.2) is 48.4 Å². The number of amides is 2. The van der Waals surface area contributed by atoms with E-state index in [1.807, 2.05) is 0 Å². The highest BCUT2D eigenvalue weighted by molar-refractivity contribution is 5.76. The van der Waals surface area contributed by atoms with Gasteiger partial charge in [-0.05, 0) is 33.2 Å². The Hall–Kier alpha value is -1.10. The Labute approximate surface area is 180 Å². The van der Waals surface area contributed by atoms with Gasteiger partial charge in [0, 0.05) is 38.0 Å². The number of carbonyl (C=O) groups is 2. The van der Waals surface area contributed by atoms with Gasteiger partial charge in [-0.15, -0.1) is 0 Å². The van der Waals surface area contributed by atoms with Crippen molar-refractivity contribution in [3.63, 3.8) is 0 Å². The van der Waals surface area contributed by atoms with Crippen molar-refractivity contribution in [2.45, 2.75) is 124 Å². The molecule has 0 heterocycles. The van der Waals surface area contributed by atoms with E-state index in [-0.39, 0.29) is 23.9 Å². The first-order valence-electron chi connectivity index (χ1n) is 12.2. The van der Waals surface area contributed by atoms with Crippen LogP contribution in [0.4, 0.5) is 0 Å². The molecule has 0 bridgehead atoms. The third kappa shape index (κ3) is 17.5. The summed E-state index contributed by atoms with van der Waals surface area (Å²) in [5.74, 6) is 0.323. The highest BCUT2D eigenvalue weighted by Gasteiger charge is 2.15. The maximum absolute atomic E-state index is 12.1. The lowest BCUT2D eigenvalue weighted by Gasteiger charge is -2.28. The summed E-state index contributed by atoms with van der Waals surface area (Å²) < 4.78 is 0. The van der Waals surface area contributed by atoms with Crippen LogP contribution in [0.15, 0.2) is 0 Å². The predicted octanol–water partition coefficient (Wildman–Crippen LogP) is 5.04. The maximum Gasteiger partial charge on any atom is 0.220 e. The number of nitrogens with one attached hydrogen (secondary N) is 2. The molecule has 0 aliphatic rings. The molecule has 0 aliphatic heterocycles. The average Bonchev–Trinajstić information content (AvgIpc) is 2.66. The number of unbranched alkanes of at least 4 members (excludes halogenated alkanes) is 8. The zero-order chi connectivity index (χ0) is 21.9. The molecule has 172 valence electrons. The summed E-state index contributed by atoms with van der Waals surface area (Å²) in [6.45, 7) is 13.2. The molecule has 5 heteroatoms. The fourth-order valence-electron chi connectivity index (χ4n) is 3.67. The van der Waals surface area contributed by atoms with Crippen LogP contribution in [0.1, 0.15) is 112 Å².